The molecule has 24 heavy (non-hydrogen) atoms. The number of carbonyl (C=O) groups is 2. The molecular weight excluding hydrogens is 333 g/mol. The van der Waals surface area contributed by atoms with Crippen LogP contribution in [0.15, 0.2) is 48.7 Å². The van der Waals surface area contributed by atoms with Crippen LogP contribution < -0.4 is 0 Å². The van der Waals surface area contributed by atoms with Crippen molar-refractivity contribution in [2.45, 2.75) is 12.3 Å². The highest BCUT2D eigenvalue weighted by molar-refractivity contribution is 6.30. The van der Waals surface area contributed by atoms with Crippen molar-refractivity contribution < 1.29 is 19.1 Å². The molecule has 0 aliphatic carbocycles. The maximum atomic E-state index is 13.5. The Kier molecular flexibility index (Phi) is 4.36. The van der Waals surface area contributed by atoms with Crippen LogP contribution in [0, 0.1) is 5.82 Å². The second kappa shape index (κ2) is 6.45. The lowest BCUT2D eigenvalue weighted by Gasteiger charge is -2.11. The van der Waals surface area contributed by atoms with E-state index in [1.165, 1.54) is 24.4 Å². The molecule has 2 aromatic carbocycles. The van der Waals surface area contributed by atoms with Crippen molar-refractivity contribution in [3.05, 3.63) is 70.6 Å². The summed E-state index contributed by atoms with van der Waals surface area (Å²) in [5.74, 6) is -2.98. The van der Waals surface area contributed by atoms with Gasteiger partial charge in [-0.05, 0) is 48.0 Å². The van der Waals surface area contributed by atoms with E-state index in [1.807, 2.05) is 0 Å². The van der Waals surface area contributed by atoms with Crippen molar-refractivity contribution in [2.24, 2.45) is 0 Å². The minimum Gasteiger partial charge on any atom is -0.481 e. The van der Waals surface area contributed by atoms with Gasteiger partial charge in [-0.1, -0.05) is 11.6 Å². The van der Waals surface area contributed by atoms with Crippen LogP contribution in [0.2, 0.25) is 5.02 Å². The average Bonchev–Trinajstić information content (AvgIpc) is 2.95. The molecule has 1 unspecified atom stereocenters. The molecule has 0 aliphatic heterocycles. The highest BCUT2D eigenvalue weighted by atomic mass is 35.5. The van der Waals surface area contributed by atoms with Crippen molar-refractivity contribution >= 4 is 34.3 Å². The van der Waals surface area contributed by atoms with E-state index in [0.29, 0.717) is 27.1 Å². The van der Waals surface area contributed by atoms with Crippen LogP contribution in [-0.4, -0.2) is 21.8 Å². The minimum atomic E-state index is -1.14. The number of carboxylic acid groups (broad SMARTS) is 1. The average molecular weight is 346 g/mol. The second-order valence-corrected chi connectivity index (χ2v) is 5.90. The Hall–Kier alpha value is -2.66. The summed E-state index contributed by atoms with van der Waals surface area (Å²) in [6.45, 7) is 0. The number of rotatable bonds is 5. The number of Topliss-reactive ketones (excluding diaryl/α,β-unsaturated/α-hetero) is 1. The third kappa shape index (κ3) is 3.16. The Morgan fingerprint density at radius 2 is 1.88 bits per heavy atom. The van der Waals surface area contributed by atoms with E-state index in [9.17, 15) is 19.1 Å². The number of carbonyl (C=O) groups excluding carboxylic acids is 1. The smallest absolute Gasteiger partial charge is 0.311 e. The predicted molar refractivity (Wildman–Crippen MR) is 89.0 cm³/mol. The normalized spacial score (nSPS) is 12.2. The molecule has 0 fully saturated rings. The lowest BCUT2D eigenvalue weighted by Crippen LogP contribution is -2.16. The number of halogens is 2. The number of aliphatic carboxylic acids is 1. The molecule has 0 radical (unpaired) electrons. The third-order valence-electron chi connectivity index (χ3n) is 3.91. The summed E-state index contributed by atoms with van der Waals surface area (Å²) < 4.78 is 13.5. The van der Waals surface area contributed by atoms with E-state index in [1.54, 1.807) is 24.3 Å². The Bertz CT molecular complexity index is 918. The van der Waals surface area contributed by atoms with Crippen molar-refractivity contribution in [1.82, 2.24) is 4.98 Å². The number of aromatic amines is 1. The number of aromatic nitrogens is 1. The van der Waals surface area contributed by atoms with Crippen LogP contribution in [0.5, 0.6) is 0 Å². The maximum Gasteiger partial charge on any atom is 0.311 e. The van der Waals surface area contributed by atoms with Crippen LogP contribution in [-0.2, 0) is 4.79 Å². The van der Waals surface area contributed by atoms with Crippen LogP contribution in [0.25, 0.3) is 10.9 Å². The number of nitrogens with one attached hydrogen (secondary N) is 1. The van der Waals surface area contributed by atoms with Crippen LogP contribution >= 0.6 is 11.6 Å². The standard InChI is InChI=1S/C18H13ClFNO3/c19-11-3-1-10(2-4-11)17(22)8-14(18(23)24)15-9-21-16-6-5-12(20)7-13(15)16/h1-7,9,14,21H,8H2,(H,23,24). The monoisotopic (exact) mass is 345 g/mol. The molecule has 4 nitrogen and oxygen atoms in total. The molecule has 1 heterocycles. The number of hydrogen-bond acceptors (Lipinski definition) is 2. The molecule has 2 N–H and O–H groups in total. The maximum absolute atomic E-state index is 13.5. The molecule has 0 spiro atoms. The van der Waals surface area contributed by atoms with E-state index >= 15 is 0 Å². The molecule has 6 heteroatoms. The molecular formula is C18H13ClFNO3. The highest BCUT2D eigenvalue weighted by Crippen LogP contribution is 2.30. The van der Waals surface area contributed by atoms with Gasteiger partial charge in [0.25, 0.3) is 0 Å². The number of ketones is 1. The van der Waals surface area contributed by atoms with Crippen LogP contribution in [0.1, 0.15) is 28.3 Å². The summed E-state index contributed by atoms with van der Waals surface area (Å²) in [4.78, 5) is 27.0. The predicted octanol–water partition coefficient (Wildman–Crippen LogP) is 4.40. The third-order valence-corrected chi connectivity index (χ3v) is 4.16. The molecule has 3 rings (SSSR count). The van der Waals surface area contributed by atoms with Gasteiger partial charge in [0.1, 0.15) is 5.82 Å². The van der Waals surface area contributed by atoms with E-state index < -0.39 is 17.7 Å². The molecule has 0 saturated carbocycles. The lowest BCUT2D eigenvalue weighted by molar-refractivity contribution is -0.138. The topological polar surface area (TPSA) is 70.2 Å². The zero-order valence-corrected chi connectivity index (χ0v) is 13.2. The summed E-state index contributed by atoms with van der Waals surface area (Å²) in [5.41, 5.74) is 1.40. The molecule has 0 aliphatic rings. The number of benzene rings is 2. The fourth-order valence-electron chi connectivity index (χ4n) is 2.67. The number of fused-ring (bicyclic) bond motifs is 1. The van der Waals surface area contributed by atoms with Crippen LogP contribution in [0.3, 0.4) is 0 Å². The molecule has 0 saturated heterocycles. The first-order chi connectivity index (χ1) is 11.5. The SMILES string of the molecule is O=C(CC(C(=O)O)c1c[nH]c2ccc(F)cc12)c1ccc(Cl)cc1. The first-order valence-electron chi connectivity index (χ1n) is 7.24. The van der Waals surface area contributed by atoms with Crippen molar-refractivity contribution in [1.29, 1.82) is 0 Å². The largest absolute Gasteiger partial charge is 0.481 e. The van der Waals surface area contributed by atoms with Crippen LogP contribution in [0.4, 0.5) is 4.39 Å². The molecule has 0 amide bonds. The molecule has 1 aromatic heterocycles. The zero-order valence-electron chi connectivity index (χ0n) is 12.4. The first kappa shape index (κ1) is 16.2. The van der Waals surface area contributed by atoms with Gasteiger partial charge in [-0.2, -0.15) is 0 Å². The first-order valence-corrected chi connectivity index (χ1v) is 7.61. The van der Waals surface area contributed by atoms with Crippen molar-refractivity contribution in [3.8, 4) is 0 Å². The summed E-state index contributed by atoms with van der Waals surface area (Å²) in [7, 11) is 0. The Morgan fingerprint density at radius 3 is 2.54 bits per heavy atom. The van der Waals surface area contributed by atoms with E-state index in [-0.39, 0.29) is 12.2 Å². The number of hydrogen-bond donors (Lipinski definition) is 2. The summed E-state index contributed by atoms with van der Waals surface area (Å²) in [6, 6.07) is 10.4. The zero-order chi connectivity index (χ0) is 17.3. The molecule has 1 atom stereocenters. The van der Waals surface area contributed by atoms with Gasteiger partial charge in [0.05, 0.1) is 5.92 Å². The minimum absolute atomic E-state index is 0.222. The Balaban J connectivity index is 1.94. The van der Waals surface area contributed by atoms with E-state index in [2.05, 4.69) is 4.98 Å². The highest BCUT2D eigenvalue weighted by Gasteiger charge is 2.26. The van der Waals surface area contributed by atoms with Gasteiger partial charge in [0.15, 0.2) is 5.78 Å². The lowest BCUT2D eigenvalue weighted by atomic mass is 9.91. The Labute approximate surface area is 141 Å². The van der Waals surface area contributed by atoms with Gasteiger partial charge in [-0.25, -0.2) is 4.39 Å². The summed E-state index contributed by atoms with van der Waals surface area (Å²) in [5, 5.41) is 10.5. The molecule has 3 aromatic rings. The van der Waals surface area contributed by atoms with Gasteiger partial charge >= 0.3 is 5.97 Å². The summed E-state index contributed by atoms with van der Waals surface area (Å²) >= 11 is 5.79. The van der Waals surface area contributed by atoms with E-state index in [4.69, 9.17) is 11.6 Å². The van der Waals surface area contributed by atoms with Gasteiger partial charge in [0.2, 0.25) is 0 Å². The number of H-pyrrole nitrogens is 1. The quantitative estimate of drug-likeness (QED) is 0.673. The fraction of sp³-hybridized carbons (Fsp3) is 0.111. The fourth-order valence-corrected chi connectivity index (χ4v) is 2.80. The Morgan fingerprint density at radius 1 is 1.17 bits per heavy atom. The van der Waals surface area contributed by atoms with E-state index in [0.717, 1.165) is 0 Å². The molecule has 122 valence electrons. The second-order valence-electron chi connectivity index (χ2n) is 5.46. The van der Waals surface area contributed by atoms with Gasteiger partial charge in [0, 0.05) is 34.1 Å². The van der Waals surface area contributed by atoms with Gasteiger partial charge in [-0.15, -0.1) is 0 Å². The summed E-state index contributed by atoms with van der Waals surface area (Å²) in [6.07, 6.45) is 1.29. The van der Waals surface area contributed by atoms with Gasteiger partial charge < -0.3 is 10.1 Å². The number of carboxylic acids is 1. The van der Waals surface area contributed by atoms with Crippen molar-refractivity contribution in [3.63, 3.8) is 0 Å². The molecule has 0 bridgehead atoms. The van der Waals surface area contributed by atoms with Crippen molar-refractivity contribution in [2.75, 3.05) is 0 Å². The van der Waals surface area contributed by atoms with Gasteiger partial charge in [-0.3, -0.25) is 9.59 Å².